The SMILES string of the molecule is CC1CN(C(C)C)C(=O)CN1CC(=O)O. The van der Waals surface area contributed by atoms with Gasteiger partial charge in [0.2, 0.25) is 5.91 Å². The van der Waals surface area contributed by atoms with Crippen molar-refractivity contribution in [2.75, 3.05) is 19.6 Å². The third kappa shape index (κ3) is 2.92. The molecule has 1 amide bonds. The summed E-state index contributed by atoms with van der Waals surface area (Å²) >= 11 is 0. The van der Waals surface area contributed by atoms with Crippen molar-refractivity contribution in [3.63, 3.8) is 0 Å². The molecule has 1 N–H and O–H groups in total. The number of carbonyl (C=O) groups is 2. The van der Waals surface area contributed by atoms with Gasteiger partial charge in [0.25, 0.3) is 0 Å². The lowest BCUT2D eigenvalue weighted by molar-refractivity contribution is -0.145. The molecule has 1 aliphatic rings. The van der Waals surface area contributed by atoms with E-state index in [0.29, 0.717) is 6.54 Å². The Kier molecular flexibility index (Phi) is 3.68. The summed E-state index contributed by atoms with van der Waals surface area (Å²) in [5.41, 5.74) is 0. The Morgan fingerprint density at radius 1 is 1.60 bits per heavy atom. The number of hydrogen-bond acceptors (Lipinski definition) is 3. The van der Waals surface area contributed by atoms with Crippen LogP contribution in [-0.2, 0) is 9.59 Å². The van der Waals surface area contributed by atoms with Gasteiger partial charge in [-0.2, -0.15) is 0 Å². The Bertz CT molecular complexity index is 265. The molecule has 5 nitrogen and oxygen atoms in total. The zero-order chi connectivity index (χ0) is 11.6. The summed E-state index contributed by atoms with van der Waals surface area (Å²) in [5, 5.41) is 8.68. The van der Waals surface area contributed by atoms with Crippen LogP contribution in [0.25, 0.3) is 0 Å². The number of hydrogen-bond donors (Lipinski definition) is 1. The minimum atomic E-state index is -0.882. The average Bonchev–Trinajstić information content (AvgIpc) is 2.09. The summed E-state index contributed by atoms with van der Waals surface area (Å²) in [4.78, 5) is 25.7. The fourth-order valence-electron chi connectivity index (χ4n) is 1.81. The van der Waals surface area contributed by atoms with Crippen molar-refractivity contribution >= 4 is 11.9 Å². The number of piperazine rings is 1. The molecule has 1 rings (SSSR count). The summed E-state index contributed by atoms with van der Waals surface area (Å²) in [5.74, 6) is -0.864. The molecular formula is C10H18N2O3. The number of carboxylic acids is 1. The highest BCUT2D eigenvalue weighted by Gasteiger charge is 2.31. The first-order valence-electron chi connectivity index (χ1n) is 5.17. The highest BCUT2D eigenvalue weighted by Crippen LogP contribution is 2.12. The van der Waals surface area contributed by atoms with Gasteiger partial charge in [-0.25, -0.2) is 0 Å². The molecule has 1 saturated heterocycles. The van der Waals surface area contributed by atoms with E-state index in [1.165, 1.54) is 0 Å². The summed E-state index contributed by atoms with van der Waals surface area (Å²) in [6, 6.07) is 0.299. The van der Waals surface area contributed by atoms with Crippen LogP contribution < -0.4 is 0 Å². The van der Waals surface area contributed by atoms with Crippen molar-refractivity contribution in [1.29, 1.82) is 0 Å². The van der Waals surface area contributed by atoms with E-state index in [1.54, 1.807) is 9.80 Å². The molecule has 0 aromatic rings. The minimum absolute atomic E-state index is 0.0179. The fourth-order valence-corrected chi connectivity index (χ4v) is 1.81. The molecule has 0 bridgehead atoms. The minimum Gasteiger partial charge on any atom is -0.480 e. The van der Waals surface area contributed by atoms with Gasteiger partial charge in [-0.15, -0.1) is 0 Å². The van der Waals surface area contributed by atoms with Gasteiger partial charge in [-0.1, -0.05) is 0 Å². The second-order valence-electron chi connectivity index (χ2n) is 4.29. The van der Waals surface area contributed by atoms with Crippen LogP contribution in [0.3, 0.4) is 0 Å². The molecule has 15 heavy (non-hydrogen) atoms. The van der Waals surface area contributed by atoms with Crippen LogP contribution in [0.5, 0.6) is 0 Å². The number of carboxylic acid groups (broad SMARTS) is 1. The van der Waals surface area contributed by atoms with Gasteiger partial charge >= 0.3 is 5.97 Å². The second-order valence-corrected chi connectivity index (χ2v) is 4.29. The standard InChI is InChI=1S/C10H18N2O3/c1-7(2)12-4-8(3)11(5-9(12)13)6-10(14)15/h7-8H,4-6H2,1-3H3,(H,14,15). The van der Waals surface area contributed by atoms with Crippen molar-refractivity contribution < 1.29 is 14.7 Å². The van der Waals surface area contributed by atoms with E-state index in [2.05, 4.69) is 0 Å². The maximum atomic E-state index is 11.7. The average molecular weight is 214 g/mol. The van der Waals surface area contributed by atoms with Crippen LogP contribution in [0.1, 0.15) is 20.8 Å². The summed E-state index contributed by atoms with van der Waals surface area (Å²) in [7, 11) is 0. The molecule has 5 heteroatoms. The first kappa shape index (κ1) is 12.0. The Labute approximate surface area is 89.7 Å². The molecule has 0 spiro atoms. The van der Waals surface area contributed by atoms with E-state index in [-0.39, 0.29) is 31.1 Å². The van der Waals surface area contributed by atoms with Crippen LogP contribution >= 0.6 is 0 Å². The summed E-state index contributed by atoms with van der Waals surface area (Å²) in [6.07, 6.45) is 0. The Balaban J connectivity index is 2.62. The van der Waals surface area contributed by atoms with Gasteiger partial charge in [-0.3, -0.25) is 14.5 Å². The third-order valence-electron chi connectivity index (χ3n) is 2.70. The topological polar surface area (TPSA) is 60.9 Å². The Morgan fingerprint density at radius 3 is 2.67 bits per heavy atom. The zero-order valence-corrected chi connectivity index (χ0v) is 9.43. The highest BCUT2D eigenvalue weighted by atomic mass is 16.4. The molecule has 0 radical (unpaired) electrons. The van der Waals surface area contributed by atoms with E-state index in [0.717, 1.165) is 0 Å². The number of amides is 1. The van der Waals surface area contributed by atoms with Gasteiger partial charge in [0, 0.05) is 18.6 Å². The lowest BCUT2D eigenvalue weighted by Crippen LogP contribution is -2.57. The largest absolute Gasteiger partial charge is 0.480 e. The van der Waals surface area contributed by atoms with E-state index in [1.807, 2.05) is 20.8 Å². The third-order valence-corrected chi connectivity index (χ3v) is 2.70. The molecule has 0 aromatic carbocycles. The molecule has 1 aliphatic heterocycles. The van der Waals surface area contributed by atoms with E-state index in [4.69, 9.17) is 5.11 Å². The monoisotopic (exact) mass is 214 g/mol. The number of carbonyl (C=O) groups excluding carboxylic acids is 1. The quantitative estimate of drug-likeness (QED) is 0.719. The van der Waals surface area contributed by atoms with Gasteiger partial charge in [0.15, 0.2) is 0 Å². The molecule has 1 atom stereocenters. The molecule has 86 valence electrons. The van der Waals surface area contributed by atoms with Crippen LogP contribution in [-0.4, -0.2) is 58.5 Å². The van der Waals surface area contributed by atoms with E-state index in [9.17, 15) is 9.59 Å². The van der Waals surface area contributed by atoms with Crippen molar-refractivity contribution in [2.45, 2.75) is 32.9 Å². The maximum absolute atomic E-state index is 11.7. The van der Waals surface area contributed by atoms with Crippen LogP contribution in [0, 0.1) is 0 Å². The highest BCUT2D eigenvalue weighted by molar-refractivity contribution is 5.80. The zero-order valence-electron chi connectivity index (χ0n) is 9.43. The Hall–Kier alpha value is -1.10. The van der Waals surface area contributed by atoms with E-state index < -0.39 is 5.97 Å². The molecular weight excluding hydrogens is 196 g/mol. The smallest absolute Gasteiger partial charge is 0.317 e. The number of nitrogens with zero attached hydrogens (tertiary/aromatic N) is 2. The first-order valence-corrected chi connectivity index (χ1v) is 5.17. The Morgan fingerprint density at radius 2 is 2.20 bits per heavy atom. The van der Waals surface area contributed by atoms with Gasteiger partial charge in [0.1, 0.15) is 0 Å². The lowest BCUT2D eigenvalue weighted by atomic mass is 10.1. The van der Waals surface area contributed by atoms with Crippen molar-refractivity contribution in [3.05, 3.63) is 0 Å². The molecule has 1 unspecified atom stereocenters. The molecule has 0 saturated carbocycles. The predicted molar refractivity (Wildman–Crippen MR) is 55.5 cm³/mol. The van der Waals surface area contributed by atoms with Crippen LogP contribution in [0.4, 0.5) is 0 Å². The first-order chi connectivity index (χ1) is 6.91. The van der Waals surface area contributed by atoms with Gasteiger partial charge in [0.05, 0.1) is 13.1 Å². The molecule has 1 fully saturated rings. The number of aliphatic carboxylic acids is 1. The fraction of sp³-hybridized carbons (Fsp3) is 0.800. The maximum Gasteiger partial charge on any atom is 0.317 e. The van der Waals surface area contributed by atoms with Crippen LogP contribution in [0.15, 0.2) is 0 Å². The second kappa shape index (κ2) is 4.61. The van der Waals surface area contributed by atoms with Gasteiger partial charge < -0.3 is 10.0 Å². The van der Waals surface area contributed by atoms with Crippen molar-refractivity contribution in [2.24, 2.45) is 0 Å². The summed E-state index contributed by atoms with van der Waals surface area (Å²) < 4.78 is 0. The van der Waals surface area contributed by atoms with Gasteiger partial charge in [-0.05, 0) is 20.8 Å². The number of rotatable bonds is 3. The lowest BCUT2D eigenvalue weighted by Gasteiger charge is -2.40. The van der Waals surface area contributed by atoms with Crippen molar-refractivity contribution in [1.82, 2.24) is 9.80 Å². The molecule has 0 aliphatic carbocycles. The molecule has 1 heterocycles. The van der Waals surface area contributed by atoms with Crippen molar-refractivity contribution in [3.8, 4) is 0 Å². The van der Waals surface area contributed by atoms with Crippen LogP contribution in [0.2, 0.25) is 0 Å². The molecule has 0 aromatic heterocycles. The normalized spacial score (nSPS) is 23.6. The van der Waals surface area contributed by atoms with E-state index >= 15 is 0 Å². The predicted octanol–water partition coefficient (Wildman–Crippen LogP) is 0.0121. The summed E-state index contributed by atoms with van der Waals surface area (Å²) in [6.45, 7) is 6.66.